The van der Waals surface area contributed by atoms with Crippen molar-refractivity contribution in [3.63, 3.8) is 0 Å². The van der Waals surface area contributed by atoms with Crippen LogP contribution < -0.4 is 5.32 Å². The van der Waals surface area contributed by atoms with E-state index in [4.69, 9.17) is 9.15 Å². The van der Waals surface area contributed by atoms with Gasteiger partial charge in [-0.15, -0.1) is 0 Å². The zero-order valence-electron chi connectivity index (χ0n) is 12.8. The Morgan fingerprint density at radius 2 is 1.96 bits per heavy atom. The van der Waals surface area contributed by atoms with E-state index in [1.807, 2.05) is 6.07 Å². The van der Waals surface area contributed by atoms with Crippen molar-refractivity contribution in [2.45, 2.75) is 6.92 Å². The quantitative estimate of drug-likeness (QED) is 0.742. The van der Waals surface area contributed by atoms with Gasteiger partial charge in [0.1, 0.15) is 11.4 Å². The number of ether oxygens (including phenoxy) is 1. The maximum Gasteiger partial charge on any atom is 0.374 e. The Kier molecular flexibility index (Phi) is 4.29. The van der Waals surface area contributed by atoms with Crippen molar-refractivity contribution in [2.75, 3.05) is 11.9 Å². The highest BCUT2D eigenvalue weighted by Gasteiger charge is 2.15. The second kappa shape index (κ2) is 6.54. The average Bonchev–Trinajstić information content (AvgIpc) is 3.00. The van der Waals surface area contributed by atoms with E-state index in [2.05, 4.69) is 5.32 Å². The summed E-state index contributed by atoms with van der Waals surface area (Å²) in [6.07, 6.45) is 0. The molecule has 0 spiro atoms. The molecule has 0 saturated heterocycles. The summed E-state index contributed by atoms with van der Waals surface area (Å²) < 4.78 is 23.7. The van der Waals surface area contributed by atoms with Gasteiger partial charge in [-0.05, 0) is 36.8 Å². The van der Waals surface area contributed by atoms with E-state index in [9.17, 15) is 14.0 Å². The van der Waals surface area contributed by atoms with Crippen molar-refractivity contribution in [3.8, 4) is 0 Å². The highest BCUT2D eigenvalue weighted by molar-refractivity contribution is 5.96. The van der Waals surface area contributed by atoms with Gasteiger partial charge in [0, 0.05) is 11.1 Å². The van der Waals surface area contributed by atoms with Crippen molar-refractivity contribution in [1.29, 1.82) is 0 Å². The third-order valence-corrected chi connectivity index (χ3v) is 3.42. The molecule has 0 bridgehead atoms. The van der Waals surface area contributed by atoms with Crippen LogP contribution in [0.25, 0.3) is 11.0 Å². The molecule has 6 heteroatoms. The molecule has 1 heterocycles. The molecular weight excluding hydrogens is 313 g/mol. The number of hydrogen-bond acceptors (Lipinski definition) is 4. The topological polar surface area (TPSA) is 68.5 Å². The average molecular weight is 327 g/mol. The van der Waals surface area contributed by atoms with Crippen molar-refractivity contribution < 1.29 is 23.1 Å². The Morgan fingerprint density at radius 3 is 2.71 bits per heavy atom. The number of halogens is 1. The predicted octanol–water partition coefficient (Wildman–Crippen LogP) is 3.68. The third kappa shape index (κ3) is 3.43. The van der Waals surface area contributed by atoms with Gasteiger partial charge in [0.2, 0.25) is 5.76 Å². The number of carbonyl (C=O) groups is 2. The number of amides is 1. The number of benzene rings is 2. The maximum absolute atomic E-state index is 13.4. The SMILES string of the molecule is Cc1ccc(NC(=O)COC(=O)c2cc3ccccc3o2)cc1F. The summed E-state index contributed by atoms with van der Waals surface area (Å²) in [5.74, 6) is -1.71. The number of anilines is 1. The van der Waals surface area contributed by atoms with Crippen LogP contribution in [0.1, 0.15) is 16.1 Å². The van der Waals surface area contributed by atoms with Crippen molar-refractivity contribution in [1.82, 2.24) is 0 Å². The van der Waals surface area contributed by atoms with Gasteiger partial charge in [-0.2, -0.15) is 0 Å². The van der Waals surface area contributed by atoms with E-state index in [0.717, 1.165) is 5.39 Å². The van der Waals surface area contributed by atoms with E-state index in [0.29, 0.717) is 16.8 Å². The van der Waals surface area contributed by atoms with Crippen LogP contribution in [0.5, 0.6) is 0 Å². The molecule has 0 unspecified atom stereocenters. The van der Waals surface area contributed by atoms with E-state index >= 15 is 0 Å². The van der Waals surface area contributed by atoms with Crippen LogP contribution >= 0.6 is 0 Å². The molecule has 0 saturated carbocycles. The molecule has 0 aliphatic rings. The minimum atomic E-state index is -0.739. The summed E-state index contributed by atoms with van der Waals surface area (Å²) in [5.41, 5.74) is 1.33. The second-order valence-electron chi connectivity index (χ2n) is 5.24. The van der Waals surface area contributed by atoms with Crippen LogP contribution in [0.15, 0.2) is 52.9 Å². The minimum absolute atomic E-state index is 0.0189. The summed E-state index contributed by atoms with van der Waals surface area (Å²) in [6, 6.07) is 13.0. The van der Waals surface area contributed by atoms with E-state index in [1.165, 1.54) is 6.07 Å². The molecule has 122 valence electrons. The zero-order valence-corrected chi connectivity index (χ0v) is 12.8. The fraction of sp³-hybridized carbons (Fsp3) is 0.111. The molecule has 0 radical (unpaired) electrons. The molecular formula is C18H14FNO4. The van der Waals surface area contributed by atoms with E-state index < -0.39 is 24.3 Å². The lowest BCUT2D eigenvalue weighted by molar-refractivity contribution is -0.119. The van der Waals surface area contributed by atoms with Crippen LogP contribution in [0.2, 0.25) is 0 Å². The van der Waals surface area contributed by atoms with Crippen molar-refractivity contribution in [2.24, 2.45) is 0 Å². The smallest absolute Gasteiger partial charge is 0.374 e. The van der Waals surface area contributed by atoms with Crippen LogP contribution in [-0.4, -0.2) is 18.5 Å². The molecule has 3 rings (SSSR count). The number of fused-ring (bicyclic) bond motifs is 1. The third-order valence-electron chi connectivity index (χ3n) is 3.42. The van der Waals surface area contributed by atoms with Gasteiger partial charge in [-0.25, -0.2) is 9.18 Å². The number of para-hydroxylation sites is 1. The Bertz CT molecular complexity index is 883. The lowest BCUT2D eigenvalue weighted by Crippen LogP contribution is -2.20. The monoisotopic (exact) mass is 327 g/mol. The number of nitrogens with one attached hydrogen (secondary N) is 1. The molecule has 2 aromatic carbocycles. The molecule has 1 amide bonds. The van der Waals surface area contributed by atoms with Gasteiger partial charge < -0.3 is 14.5 Å². The Balaban J connectivity index is 1.59. The first kappa shape index (κ1) is 15.7. The number of hydrogen-bond donors (Lipinski definition) is 1. The second-order valence-corrected chi connectivity index (χ2v) is 5.24. The van der Waals surface area contributed by atoms with E-state index in [1.54, 1.807) is 43.3 Å². The first-order valence-electron chi connectivity index (χ1n) is 7.24. The van der Waals surface area contributed by atoms with Crippen LogP contribution in [0, 0.1) is 12.7 Å². The van der Waals surface area contributed by atoms with Crippen LogP contribution in [-0.2, 0) is 9.53 Å². The molecule has 1 aromatic heterocycles. The van der Waals surface area contributed by atoms with Gasteiger partial charge in [0.05, 0.1) is 0 Å². The number of furan rings is 1. The number of aryl methyl sites for hydroxylation is 1. The molecule has 5 nitrogen and oxygen atoms in total. The molecule has 0 fully saturated rings. The molecule has 24 heavy (non-hydrogen) atoms. The highest BCUT2D eigenvalue weighted by atomic mass is 19.1. The standard InChI is InChI=1S/C18H14FNO4/c1-11-6-7-13(9-14(11)19)20-17(21)10-23-18(22)16-8-12-4-2-3-5-15(12)24-16/h2-9H,10H2,1H3,(H,20,21). The summed E-state index contributed by atoms with van der Waals surface area (Å²) in [5, 5.41) is 3.22. The molecule has 0 aliphatic carbocycles. The van der Waals surface area contributed by atoms with Gasteiger partial charge in [0.15, 0.2) is 6.61 Å². The van der Waals surface area contributed by atoms with Crippen molar-refractivity contribution >= 4 is 28.5 Å². The van der Waals surface area contributed by atoms with Crippen LogP contribution in [0.3, 0.4) is 0 Å². The fourth-order valence-electron chi connectivity index (χ4n) is 2.15. The Labute approximate surface area is 137 Å². The Morgan fingerprint density at radius 1 is 1.17 bits per heavy atom. The van der Waals surface area contributed by atoms with Gasteiger partial charge in [-0.1, -0.05) is 24.3 Å². The normalized spacial score (nSPS) is 10.6. The maximum atomic E-state index is 13.4. The van der Waals surface area contributed by atoms with Gasteiger partial charge in [0.25, 0.3) is 5.91 Å². The van der Waals surface area contributed by atoms with Gasteiger partial charge in [-0.3, -0.25) is 4.79 Å². The highest BCUT2D eigenvalue weighted by Crippen LogP contribution is 2.19. The zero-order chi connectivity index (χ0) is 17.1. The summed E-state index contributed by atoms with van der Waals surface area (Å²) in [7, 11) is 0. The molecule has 0 aliphatic heterocycles. The molecule has 0 atom stereocenters. The first-order valence-corrected chi connectivity index (χ1v) is 7.24. The summed E-state index contributed by atoms with van der Waals surface area (Å²) in [4.78, 5) is 23.7. The number of carbonyl (C=O) groups excluding carboxylic acids is 2. The summed E-state index contributed by atoms with van der Waals surface area (Å²) >= 11 is 0. The fourth-order valence-corrected chi connectivity index (χ4v) is 2.15. The minimum Gasteiger partial charge on any atom is -0.450 e. The van der Waals surface area contributed by atoms with Gasteiger partial charge >= 0.3 is 5.97 Å². The first-order chi connectivity index (χ1) is 11.5. The predicted molar refractivity (Wildman–Crippen MR) is 86.3 cm³/mol. The molecule has 3 aromatic rings. The van der Waals surface area contributed by atoms with Crippen molar-refractivity contribution in [3.05, 3.63) is 65.7 Å². The number of rotatable bonds is 4. The summed E-state index contributed by atoms with van der Waals surface area (Å²) in [6.45, 7) is 1.13. The lowest BCUT2D eigenvalue weighted by Gasteiger charge is -2.06. The Hall–Kier alpha value is -3.15. The number of esters is 1. The molecule has 1 N–H and O–H groups in total. The lowest BCUT2D eigenvalue weighted by atomic mass is 10.2. The largest absolute Gasteiger partial charge is 0.450 e. The van der Waals surface area contributed by atoms with Crippen LogP contribution in [0.4, 0.5) is 10.1 Å². The van der Waals surface area contributed by atoms with E-state index in [-0.39, 0.29) is 5.76 Å².